The normalized spacial score (nSPS) is 19.5. The largest absolute Gasteiger partial charge is 0.392 e. The van der Waals surface area contributed by atoms with Crippen molar-refractivity contribution in [3.63, 3.8) is 0 Å². The van der Waals surface area contributed by atoms with Gasteiger partial charge in [-0.25, -0.2) is 9.97 Å². The quantitative estimate of drug-likeness (QED) is 0.700. The van der Waals surface area contributed by atoms with Crippen LogP contribution in [0.3, 0.4) is 0 Å². The highest BCUT2D eigenvalue weighted by atomic mass is 16.3. The molecule has 3 nitrogen and oxygen atoms in total. The van der Waals surface area contributed by atoms with E-state index in [2.05, 4.69) is 27.9 Å². The monoisotopic (exact) mass is 286 g/mol. The first-order chi connectivity index (χ1) is 10.8. The van der Waals surface area contributed by atoms with E-state index >= 15 is 0 Å². The van der Waals surface area contributed by atoms with E-state index in [9.17, 15) is 5.11 Å². The molecule has 1 aromatic carbocycles. The topological polar surface area (TPSA) is 46.0 Å². The van der Waals surface area contributed by atoms with Gasteiger partial charge in [-0.3, -0.25) is 0 Å². The molecule has 0 radical (unpaired) electrons. The number of nitrogens with zero attached hydrogens (tertiary/aromatic N) is 2. The van der Waals surface area contributed by atoms with Crippen molar-refractivity contribution in [1.82, 2.24) is 9.97 Å². The van der Waals surface area contributed by atoms with Gasteiger partial charge in [-0.15, -0.1) is 0 Å². The van der Waals surface area contributed by atoms with Gasteiger partial charge >= 0.3 is 0 Å². The van der Waals surface area contributed by atoms with Gasteiger partial charge < -0.3 is 5.11 Å². The zero-order valence-corrected chi connectivity index (χ0v) is 11.9. The molecule has 1 aliphatic carbocycles. The maximum absolute atomic E-state index is 9.71. The smallest absolute Gasteiger partial charge is 0.121 e. The molecular formula is C19H14N2O. The molecule has 0 spiro atoms. The summed E-state index contributed by atoms with van der Waals surface area (Å²) in [6.07, 6.45) is 4.15. The van der Waals surface area contributed by atoms with Crippen molar-refractivity contribution >= 4 is 10.8 Å². The summed E-state index contributed by atoms with van der Waals surface area (Å²) in [4.78, 5) is 8.60. The van der Waals surface area contributed by atoms with E-state index in [1.165, 1.54) is 5.56 Å². The molecule has 0 saturated heterocycles. The summed E-state index contributed by atoms with van der Waals surface area (Å²) in [5.74, 6) is 6.42. The second kappa shape index (κ2) is 5.25. The van der Waals surface area contributed by atoms with Gasteiger partial charge in [0.2, 0.25) is 0 Å². The highest BCUT2D eigenvalue weighted by Gasteiger charge is 2.37. The van der Waals surface area contributed by atoms with E-state index in [1.807, 2.05) is 36.4 Å². The maximum Gasteiger partial charge on any atom is 0.121 e. The number of pyridine rings is 2. The summed E-state index contributed by atoms with van der Waals surface area (Å²) < 4.78 is 0. The number of rotatable bonds is 1. The number of aromatic nitrogens is 2. The molecule has 1 fully saturated rings. The molecule has 2 heterocycles. The molecule has 2 aromatic heterocycles. The third kappa shape index (κ3) is 2.34. The van der Waals surface area contributed by atoms with Gasteiger partial charge in [-0.1, -0.05) is 24.3 Å². The van der Waals surface area contributed by atoms with Crippen molar-refractivity contribution in [1.29, 1.82) is 0 Å². The Labute approximate surface area is 128 Å². The first-order valence-electron chi connectivity index (χ1n) is 7.32. The average molecular weight is 286 g/mol. The lowest BCUT2D eigenvalue weighted by Crippen LogP contribution is -1.92. The van der Waals surface area contributed by atoms with Gasteiger partial charge in [-0.2, -0.15) is 0 Å². The van der Waals surface area contributed by atoms with Gasteiger partial charge in [0.1, 0.15) is 11.4 Å². The zero-order valence-electron chi connectivity index (χ0n) is 11.9. The van der Waals surface area contributed by atoms with Crippen molar-refractivity contribution in [3.8, 4) is 11.8 Å². The van der Waals surface area contributed by atoms with Crippen molar-refractivity contribution < 1.29 is 5.11 Å². The maximum atomic E-state index is 9.71. The van der Waals surface area contributed by atoms with Crippen LogP contribution in [-0.2, 0) is 0 Å². The summed E-state index contributed by atoms with van der Waals surface area (Å²) >= 11 is 0. The molecule has 106 valence electrons. The molecular weight excluding hydrogens is 272 g/mol. The molecule has 0 bridgehead atoms. The van der Waals surface area contributed by atoms with Crippen molar-refractivity contribution in [2.24, 2.45) is 0 Å². The fraction of sp³-hybridized carbons (Fsp3) is 0.158. The van der Waals surface area contributed by atoms with Crippen LogP contribution in [-0.4, -0.2) is 21.2 Å². The number of benzene rings is 1. The van der Waals surface area contributed by atoms with Crippen molar-refractivity contribution in [2.75, 3.05) is 0 Å². The third-order valence-electron chi connectivity index (χ3n) is 3.97. The minimum absolute atomic E-state index is 0.207. The van der Waals surface area contributed by atoms with E-state index < -0.39 is 0 Å². The second-order valence-electron chi connectivity index (χ2n) is 5.48. The first-order valence-corrected chi connectivity index (χ1v) is 7.32. The molecule has 3 heteroatoms. The fourth-order valence-corrected chi connectivity index (χ4v) is 2.73. The van der Waals surface area contributed by atoms with Gasteiger partial charge in [0.05, 0.1) is 6.10 Å². The van der Waals surface area contributed by atoms with Gasteiger partial charge in [-0.05, 0) is 47.4 Å². The lowest BCUT2D eigenvalue weighted by molar-refractivity contribution is 0.272. The number of hydrogen-bond acceptors (Lipinski definition) is 3. The Bertz CT molecular complexity index is 893. The molecule has 1 saturated carbocycles. The Morgan fingerprint density at radius 1 is 0.909 bits per heavy atom. The summed E-state index contributed by atoms with van der Waals surface area (Å²) in [6, 6.07) is 13.8. The fourth-order valence-electron chi connectivity index (χ4n) is 2.73. The highest BCUT2D eigenvalue weighted by molar-refractivity contribution is 5.90. The third-order valence-corrected chi connectivity index (χ3v) is 3.97. The molecule has 2 unspecified atom stereocenters. The average Bonchev–Trinajstić information content (AvgIpc) is 3.30. The number of aliphatic hydroxyl groups excluding tert-OH is 1. The Balaban J connectivity index is 1.81. The predicted molar refractivity (Wildman–Crippen MR) is 85.3 cm³/mol. The van der Waals surface area contributed by atoms with E-state index in [-0.39, 0.29) is 12.0 Å². The molecule has 0 aliphatic heterocycles. The molecule has 22 heavy (non-hydrogen) atoms. The van der Waals surface area contributed by atoms with Crippen LogP contribution in [0.15, 0.2) is 54.9 Å². The van der Waals surface area contributed by atoms with Crippen LogP contribution in [0.1, 0.15) is 29.3 Å². The van der Waals surface area contributed by atoms with E-state index in [0.29, 0.717) is 0 Å². The molecule has 1 aliphatic rings. The van der Waals surface area contributed by atoms with Crippen LogP contribution in [0.4, 0.5) is 0 Å². The van der Waals surface area contributed by atoms with Crippen molar-refractivity contribution in [3.05, 3.63) is 71.8 Å². The predicted octanol–water partition coefficient (Wildman–Crippen LogP) is 2.88. The molecule has 3 aromatic rings. The Kier molecular flexibility index (Phi) is 3.10. The van der Waals surface area contributed by atoms with Crippen molar-refractivity contribution in [2.45, 2.75) is 18.4 Å². The number of aliphatic hydroxyl groups is 1. The van der Waals surface area contributed by atoms with Crippen LogP contribution >= 0.6 is 0 Å². The van der Waals surface area contributed by atoms with Crippen LogP contribution < -0.4 is 0 Å². The Morgan fingerprint density at radius 2 is 1.82 bits per heavy atom. The summed E-state index contributed by atoms with van der Waals surface area (Å²) in [6.45, 7) is 0. The molecule has 2 atom stereocenters. The van der Waals surface area contributed by atoms with Gasteiger partial charge in [0.15, 0.2) is 0 Å². The van der Waals surface area contributed by atoms with E-state index in [1.54, 1.807) is 12.4 Å². The SMILES string of the molecule is OC1CC1c1cccc2c(C#Cc3ccccn3)nccc12. The summed E-state index contributed by atoms with van der Waals surface area (Å²) in [7, 11) is 0. The summed E-state index contributed by atoms with van der Waals surface area (Å²) in [5, 5.41) is 11.9. The standard InChI is InChI=1S/C19H14N2O/c22-19-12-17(19)14-5-3-6-16-15(14)9-11-21-18(16)8-7-13-4-1-2-10-20-13/h1-6,9-11,17,19,22H,12H2. The lowest BCUT2D eigenvalue weighted by atomic mass is 10.0. The zero-order chi connectivity index (χ0) is 14.9. The Hall–Kier alpha value is -2.70. The van der Waals surface area contributed by atoms with Crippen LogP contribution in [0.5, 0.6) is 0 Å². The van der Waals surface area contributed by atoms with E-state index in [0.717, 1.165) is 28.6 Å². The van der Waals surface area contributed by atoms with Crippen LogP contribution in [0, 0.1) is 11.8 Å². The van der Waals surface area contributed by atoms with Gasteiger partial charge in [0.25, 0.3) is 0 Å². The van der Waals surface area contributed by atoms with Crippen LogP contribution in [0.2, 0.25) is 0 Å². The summed E-state index contributed by atoms with van der Waals surface area (Å²) in [5.41, 5.74) is 2.67. The molecule has 1 N–H and O–H groups in total. The van der Waals surface area contributed by atoms with Gasteiger partial charge in [0, 0.05) is 23.7 Å². The van der Waals surface area contributed by atoms with Crippen LogP contribution in [0.25, 0.3) is 10.8 Å². The molecule has 4 rings (SSSR count). The lowest BCUT2D eigenvalue weighted by Gasteiger charge is -2.06. The number of hydrogen-bond donors (Lipinski definition) is 1. The van der Waals surface area contributed by atoms with E-state index in [4.69, 9.17) is 0 Å². The number of fused-ring (bicyclic) bond motifs is 1. The molecule has 0 amide bonds. The Morgan fingerprint density at radius 3 is 2.59 bits per heavy atom. The first kappa shape index (κ1) is 13.0. The minimum Gasteiger partial charge on any atom is -0.392 e. The minimum atomic E-state index is -0.207. The second-order valence-corrected chi connectivity index (χ2v) is 5.48. The highest BCUT2D eigenvalue weighted by Crippen LogP contribution is 2.43.